The fourth-order valence-corrected chi connectivity index (χ4v) is 2.19. The minimum Gasteiger partial charge on any atom is -0.481 e. The molecule has 0 aromatic carbocycles. The maximum absolute atomic E-state index is 6.42. The number of hydrogen-bond donors (Lipinski definition) is 0. The normalized spacial score (nSPS) is 10.9. The molecule has 0 aliphatic carbocycles. The summed E-state index contributed by atoms with van der Waals surface area (Å²) in [4.78, 5) is 8.71. The molecule has 3 aromatic heterocycles. The molecule has 96 valence electrons. The molecule has 0 spiro atoms. The first-order valence-electron chi connectivity index (χ1n) is 5.67. The summed E-state index contributed by atoms with van der Waals surface area (Å²) in [6, 6.07) is 3.59. The number of hydrogen-bond acceptors (Lipinski definition) is 4. The van der Waals surface area contributed by atoms with Gasteiger partial charge in [-0.2, -0.15) is 5.10 Å². The fraction of sp³-hybridized carbons (Fsp3) is 0.154. The molecule has 0 unspecified atom stereocenters. The van der Waals surface area contributed by atoms with E-state index in [0.29, 0.717) is 16.4 Å². The van der Waals surface area contributed by atoms with Crippen molar-refractivity contribution in [2.45, 2.75) is 0 Å². The van der Waals surface area contributed by atoms with Crippen LogP contribution in [-0.4, -0.2) is 26.9 Å². The van der Waals surface area contributed by atoms with E-state index < -0.39 is 0 Å². The van der Waals surface area contributed by atoms with Gasteiger partial charge < -0.3 is 4.74 Å². The van der Waals surface area contributed by atoms with Crippen LogP contribution in [0.25, 0.3) is 22.2 Å². The summed E-state index contributed by atoms with van der Waals surface area (Å²) in [5.74, 6) is 0.513. The van der Waals surface area contributed by atoms with E-state index in [-0.39, 0.29) is 0 Å². The predicted molar refractivity (Wildman–Crippen MR) is 73.3 cm³/mol. The van der Waals surface area contributed by atoms with E-state index in [1.807, 2.05) is 19.3 Å². The Bertz CT molecular complexity index is 753. The molecule has 3 rings (SSSR count). The van der Waals surface area contributed by atoms with Crippen molar-refractivity contribution >= 4 is 22.6 Å². The van der Waals surface area contributed by atoms with Gasteiger partial charge in [-0.25, -0.2) is 4.98 Å². The van der Waals surface area contributed by atoms with Crippen molar-refractivity contribution in [2.75, 3.05) is 7.11 Å². The number of rotatable bonds is 2. The van der Waals surface area contributed by atoms with Crippen molar-refractivity contribution in [3.63, 3.8) is 0 Å². The largest absolute Gasteiger partial charge is 0.481 e. The van der Waals surface area contributed by atoms with Crippen molar-refractivity contribution in [2.24, 2.45) is 7.05 Å². The summed E-state index contributed by atoms with van der Waals surface area (Å²) in [5.41, 5.74) is 3.08. The fourth-order valence-electron chi connectivity index (χ4n) is 1.89. The second-order valence-corrected chi connectivity index (χ2v) is 4.49. The van der Waals surface area contributed by atoms with E-state index in [2.05, 4.69) is 15.1 Å². The first-order valence-corrected chi connectivity index (χ1v) is 6.05. The van der Waals surface area contributed by atoms with Crippen LogP contribution in [-0.2, 0) is 7.05 Å². The lowest BCUT2D eigenvalue weighted by molar-refractivity contribution is 0.399. The number of halogens is 1. The van der Waals surface area contributed by atoms with Crippen molar-refractivity contribution < 1.29 is 4.74 Å². The molecule has 0 aliphatic heterocycles. The Hall–Kier alpha value is -2.14. The molecule has 0 bridgehead atoms. The first-order chi connectivity index (χ1) is 9.19. The molecule has 0 N–H and O–H groups in total. The number of methoxy groups -OCH3 is 1. The summed E-state index contributed by atoms with van der Waals surface area (Å²) in [7, 11) is 3.42. The van der Waals surface area contributed by atoms with Crippen molar-refractivity contribution in [3.8, 4) is 17.0 Å². The minimum atomic E-state index is 0.513. The first kappa shape index (κ1) is 11.9. The Kier molecular flexibility index (Phi) is 2.83. The average molecular weight is 275 g/mol. The predicted octanol–water partition coefficient (Wildman–Crippen LogP) is 2.69. The van der Waals surface area contributed by atoms with Crippen molar-refractivity contribution in [1.29, 1.82) is 0 Å². The molecule has 0 radical (unpaired) electrons. The highest BCUT2D eigenvalue weighted by molar-refractivity contribution is 6.37. The van der Waals surface area contributed by atoms with Gasteiger partial charge in [0.05, 0.1) is 23.8 Å². The van der Waals surface area contributed by atoms with Crippen LogP contribution in [0.1, 0.15) is 0 Å². The van der Waals surface area contributed by atoms with Crippen LogP contribution < -0.4 is 4.74 Å². The maximum Gasteiger partial charge on any atom is 0.213 e. The number of aromatic nitrogens is 4. The second kappa shape index (κ2) is 4.51. The third kappa shape index (κ3) is 2.02. The lowest BCUT2D eigenvalue weighted by Gasteiger charge is -2.06. The smallest absolute Gasteiger partial charge is 0.213 e. The van der Waals surface area contributed by atoms with E-state index in [1.54, 1.807) is 30.3 Å². The molecule has 0 atom stereocenters. The van der Waals surface area contributed by atoms with E-state index >= 15 is 0 Å². The summed E-state index contributed by atoms with van der Waals surface area (Å²) < 4.78 is 6.83. The van der Waals surface area contributed by atoms with Gasteiger partial charge in [0.25, 0.3) is 0 Å². The number of pyridine rings is 2. The summed E-state index contributed by atoms with van der Waals surface area (Å²) in [6.45, 7) is 0. The summed E-state index contributed by atoms with van der Waals surface area (Å²) >= 11 is 6.42. The van der Waals surface area contributed by atoms with Crippen LogP contribution in [0.4, 0.5) is 0 Å². The molecule has 19 heavy (non-hydrogen) atoms. The molecule has 6 heteroatoms. The van der Waals surface area contributed by atoms with E-state index in [9.17, 15) is 0 Å². The van der Waals surface area contributed by atoms with Crippen molar-refractivity contribution in [3.05, 3.63) is 35.7 Å². The molecule has 0 amide bonds. The Balaban J connectivity index is 2.24. The van der Waals surface area contributed by atoms with Crippen LogP contribution in [0.3, 0.4) is 0 Å². The minimum absolute atomic E-state index is 0.513. The van der Waals surface area contributed by atoms with Crippen LogP contribution in [0.2, 0.25) is 5.02 Å². The second-order valence-electron chi connectivity index (χ2n) is 4.11. The number of ether oxygens (including phenoxy) is 1. The summed E-state index contributed by atoms with van der Waals surface area (Å²) in [6.07, 6.45) is 5.36. The van der Waals surface area contributed by atoms with Gasteiger partial charge >= 0.3 is 0 Å². The van der Waals surface area contributed by atoms with Gasteiger partial charge in [0.2, 0.25) is 5.88 Å². The zero-order chi connectivity index (χ0) is 13.4. The maximum atomic E-state index is 6.42. The molecule has 3 aromatic rings. The van der Waals surface area contributed by atoms with Gasteiger partial charge in [-0.1, -0.05) is 11.6 Å². The van der Waals surface area contributed by atoms with Crippen LogP contribution >= 0.6 is 11.6 Å². The highest BCUT2D eigenvalue weighted by Crippen LogP contribution is 2.32. The highest BCUT2D eigenvalue weighted by atomic mass is 35.5. The molecule has 5 nitrogen and oxygen atoms in total. The molecule has 0 fully saturated rings. The lowest BCUT2D eigenvalue weighted by Crippen LogP contribution is -1.91. The molecular formula is C13H11ClN4O. The molecule has 0 saturated carbocycles. The molecular weight excluding hydrogens is 264 g/mol. The highest BCUT2D eigenvalue weighted by Gasteiger charge is 2.12. The lowest BCUT2D eigenvalue weighted by atomic mass is 10.1. The Morgan fingerprint density at radius 1 is 1.26 bits per heavy atom. The topological polar surface area (TPSA) is 52.8 Å². The van der Waals surface area contributed by atoms with Crippen LogP contribution in [0.5, 0.6) is 5.88 Å². The quantitative estimate of drug-likeness (QED) is 0.721. The van der Waals surface area contributed by atoms with Gasteiger partial charge in [0.15, 0.2) is 0 Å². The van der Waals surface area contributed by atoms with Gasteiger partial charge in [0.1, 0.15) is 5.52 Å². The van der Waals surface area contributed by atoms with Crippen molar-refractivity contribution in [1.82, 2.24) is 19.7 Å². The standard InChI is InChI=1S/C13H11ClN4O/c1-18-7-8(5-16-18)9-6-15-10-3-4-11(19-2)17-13(10)12(9)14/h3-7H,1-2H3. The van der Waals surface area contributed by atoms with Gasteiger partial charge in [-0.05, 0) is 6.07 Å². The van der Waals surface area contributed by atoms with Crippen LogP contribution in [0, 0.1) is 0 Å². The Morgan fingerprint density at radius 3 is 2.79 bits per heavy atom. The zero-order valence-corrected chi connectivity index (χ0v) is 11.2. The third-order valence-electron chi connectivity index (χ3n) is 2.85. The van der Waals surface area contributed by atoms with E-state index in [0.717, 1.165) is 16.6 Å². The molecule has 0 saturated heterocycles. The Morgan fingerprint density at radius 2 is 2.11 bits per heavy atom. The van der Waals surface area contributed by atoms with Crippen LogP contribution in [0.15, 0.2) is 30.7 Å². The molecule has 0 aliphatic rings. The zero-order valence-electron chi connectivity index (χ0n) is 10.5. The average Bonchev–Trinajstić information content (AvgIpc) is 2.85. The third-order valence-corrected chi connectivity index (χ3v) is 3.23. The SMILES string of the molecule is COc1ccc2ncc(-c3cnn(C)c3)c(Cl)c2n1. The number of nitrogens with zero attached hydrogens (tertiary/aromatic N) is 4. The van der Waals surface area contributed by atoms with E-state index in [4.69, 9.17) is 16.3 Å². The van der Waals surface area contributed by atoms with E-state index in [1.165, 1.54) is 0 Å². The monoisotopic (exact) mass is 274 g/mol. The molecule has 3 heterocycles. The Labute approximate surface area is 114 Å². The van der Waals surface area contributed by atoms with Gasteiger partial charge in [0, 0.05) is 36.6 Å². The van der Waals surface area contributed by atoms with Gasteiger partial charge in [-0.15, -0.1) is 0 Å². The van der Waals surface area contributed by atoms with Gasteiger partial charge in [-0.3, -0.25) is 9.67 Å². The number of fused-ring (bicyclic) bond motifs is 1. The number of aryl methyl sites for hydroxylation is 1. The summed E-state index contributed by atoms with van der Waals surface area (Å²) in [5, 5.41) is 4.69.